The second-order valence-electron chi connectivity index (χ2n) is 6.94. The van der Waals surface area contributed by atoms with E-state index in [1.54, 1.807) is 0 Å². The van der Waals surface area contributed by atoms with Crippen molar-refractivity contribution in [3.8, 4) is 0 Å². The maximum Gasteiger partial charge on any atom is 0.236 e. The number of carbonyl (C=O) groups is 1. The highest BCUT2D eigenvalue weighted by molar-refractivity contribution is 5.78. The number of amides is 1. The fourth-order valence-electron chi connectivity index (χ4n) is 3.53. The van der Waals surface area contributed by atoms with Gasteiger partial charge < -0.3 is 10.0 Å². The van der Waals surface area contributed by atoms with Gasteiger partial charge in [0.25, 0.3) is 0 Å². The topological polar surface area (TPSA) is 47.0 Å². The van der Waals surface area contributed by atoms with Gasteiger partial charge in [0, 0.05) is 45.8 Å². The predicted octanol–water partition coefficient (Wildman–Crippen LogP) is 1.17. The Morgan fingerprint density at radius 3 is 2.32 bits per heavy atom. The van der Waals surface area contributed by atoms with Gasteiger partial charge in [-0.3, -0.25) is 14.6 Å². The highest BCUT2D eigenvalue weighted by Gasteiger charge is 2.25. The Bertz CT molecular complexity index is 337. The number of likely N-dealkylation sites (N-methyl/N-ethyl adjacent to an activating group) is 1. The summed E-state index contributed by atoms with van der Waals surface area (Å²) in [5, 5.41) is 9.72. The van der Waals surface area contributed by atoms with Crippen LogP contribution in [0.2, 0.25) is 0 Å². The van der Waals surface area contributed by atoms with Crippen molar-refractivity contribution >= 4 is 5.91 Å². The van der Waals surface area contributed by atoms with Crippen molar-refractivity contribution in [1.29, 1.82) is 0 Å². The van der Waals surface area contributed by atoms with Gasteiger partial charge in [0.1, 0.15) is 0 Å². The van der Waals surface area contributed by atoms with E-state index in [1.165, 1.54) is 32.1 Å². The van der Waals surface area contributed by atoms with Gasteiger partial charge in [-0.1, -0.05) is 26.2 Å². The number of hydrogen-bond donors (Lipinski definition) is 1. The molecule has 0 aromatic carbocycles. The van der Waals surface area contributed by atoms with E-state index < -0.39 is 0 Å². The molecule has 1 saturated heterocycles. The average molecular weight is 311 g/mol. The fraction of sp³-hybridized carbons (Fsp3) is 0.941. The molecule has 1 unspecified atom stereocenters. The minimum Gasteiger partial charge on any atom is -0.392 e. The number of aliphatic hydroxyl groups is 1. The summed E-state index contributed by atoms with van der Waals surface area (Å²) in [5.41, 5.74) is 0. The van der Waals surface area contributed by atoms with Gasteiger partial charge in [0.15, 0.2) is 0 Å². The van der Waals surface area contributed by atoms with Crippen LogP contribution in [0.5, 0.6) is 0 Å². The number of piperazine rings is 1. The smallest absolute Gasteiger partial charge is 0.236 e. The van der Waals surface area contributed by atoms with E-state index in [4.69, 9.17) is 0 Å². The van der Waals surface area contributed by atoms with Crippen LogP contribution in [-0.2, 0) is 4.79 Å². The van der Waals surface area contributed by atoms with Crippen LogP contribution in [0.1, 0.15) is 45.4 Å². The molecular weight excluding hydrogens is 278 g/mol. The van der Waals surface area contributed by atoms with E-state index in [-0.39, 0.29) is 12.0 Å². The van der Waals surface area contributed by atoms with Crippen LogP contribution in [0.15, 0.2) is 0 Å². The molecule has 2 aliphatic rings. The first-order chi connectivity index (χ1) is 10.6. The maximum absolute atomic E-state index is 12.4. The van der Waals surface area contributed by atoms with Gasteiger partial charge in [-0.05, 0) is 19.3 Å². The Morgan fingerprint density at radius 1 is 1.14 bits per heavy atom. The maximum atomic E-state index is 12.4. The van der Waals surface area contributed by atoms with Gasteiger partial charge >= 0.3 is 0 Å². The lowest BCUT2D eigenvalue weighted by atomic mass is 9.94. The zero-order valence-electron chi connectivity index (χ0n) is 14.3. The summed E-state index contributed by atoms with van der Waals surface area (Å²) in [6, 6.07) is 0.460. The second kappa shape index (κ2) is 8.85. The summed E-state index contributed by atoms with van der Waals surface area (Å²) in [6.07, 6.45) is 6.79. The van der Waals surface area contributed by atoms with Crippen molar-refractivity contribution in [1.82, 2.24) is 14.7 Å². The molecule has 0 radical (unpaired) electrons. The van der Waals surface area contributed by atoms with Crippen molar-refractivity contribution < 1.29 is 9.90 Å². The van der Waals surface area contributed by atoms with Crippen LogP contribution in [0.3, 0.4) is 0 Å². The van der Waals surface area contributed by atoms with E-state index in [2.05, 4.69) is 9.80 Å². The zero-order valence-corrected chi connectivity index (χ0v) is 14.3. The Hall–Kier alpha value is -0.650. The minimum atomic E-state index is -0.217. The summed E-state index contributed by atoms with van der Waals surface area (Å²) < 4.78 is 0. The number of β-amino-alcohol motifs (C(OH)–C–C–N with tert-alkyl or cyclic N) is 1. The van der Waals surface area contributed by atoms with E-state index in [1.807, 2.05) is 18.9 Å². The molecule has 1 atom stereocenters. The molecular formula is C17H33N3O2. The molecule has 2 rings (SSSR count). The lowest BCUT2D eigenvalue weighted by Gasteiger charge is -2.37. The van der Waals surface area contributed by atoms with Gasteiger partial charge in [-0.2, -0.15) is 0 Å². The van der Waals surface area contributed by atoms with Crippen molar-refractivity contribution in [2.75, 3.05) is 46.3 Å². The van der Waals surface area contributed by atoms with Gasteiger partial charge in [0.2, 0.25) is 5.91 Å². The Labute approximate surface area is 135 Å². The minimum absolute atomic E-state index is 0.217. The number of nitrogens with zero attached hydrogens (tertiary/aromatic N) is 3. The number of hydrogen-bond acceptors (Lipinski definition) is 4. The van der Waals surface area contributed by atoms with Gasteiger partial charge in [-0.25, -0.2) is 0 Å². The molecule has 0 bridgehead atoms. The highest BCUT2D eigenvalue weighted by Crippen LogP contribution is 2.21. The molecule has 5 heteroatoms. The summed E-state index contributed by atoms with van der Waals surface area (Å²) >= 11 is 0. The normalized spacial score (nSPS) is 23.4. The lowest BCUT2D eigenvalue weighted by Crippen LogP contribution is -2.52. The largest absolute Gasteiger partial charge is 0.392 e. The lowest BCUT2D eigenvalue weighted by molar-refractivity contribution is -0.134. The van der Waals surface area contributed by atoms with Crippen LogP contribution in [-0.4, -0.2) is 84.2 Å². The molecule has 1 aliphatic heterocycles. The fourth-order valence-corrected chi connectivity index (χ4v) is 3.53. The number of rotatable bonds is 6. The summed E-state index contributed by atoms with van der Waals surface area (Å²) in [4.78, 5) is 19.0. The SMILES string of the molecule is CCC(O)CN1CCN(CC(=O)N(C)C2CCCCC2)CC1. The number of aliphatic hydroxyl groups excluding tert-OH is 1. The van der Waals surface area contributed by atoms with Crippen molar-refractivity contribution in [3.63, 3.8) is 0 Å². The third-order valence-electron chi connectivity index (χ3n) is 5.28. The molecule has 128 valence electrons. The third kappa shape index (κ3) is 5.21. The van der Waals surface area contributed by atoms with Crippen molar-refractivity contribution in [2.45, 2.75) is 57.6 Å². The average Bonchev–Trinajstić information content (AvgIpc) is 2.56. The Balaban J connectivity index is 1.69. The monoisotopic (exact) mass is 311 g/mol. The molecule has 1 N–H and O–H groups in total. The molecule has 2 fully saturated rings. The van der Waals surface area contributed by atoms with Crippen LogP contribution in [0, 0.1) is 0 Å². The predicted molar refractivity (Wildman–Crippen MR) is 88.8 cm³/mol. The molecule has 0 aromatic rings. The zero-order chi connectivity index (χ0) is 15.9. The molecule has 1 saturated carbocycles. The molecule has 0 spiro atoms. The second-order valence-corrected chi connectivity index (χ2v) is 6.94. The molecule has 5 nitrogen and oxygen atoms in total. The Kier molecular flexibility index (Phi) is 7.12. The van der Waals surface area contributed by atoms with E-state index in [0.29, 0.717) is 12.6 Å². The van der Waals surface area contributed by atoms with Gasteiger partial charge in [-0.15, -0.1) is 0 Å². The first kappa shape index (κ1) is 17.7. The van der Waals surface area contributed by atoms with Crippen molar-refractivity contribution in [3.05, 3.63) is 0 Å². The Morgan fingerprint density at radius 2 is 1.73 bits per heavy atom. The first-order valence-electron chi connectivity index (χ1n) is 8.98. The number of carbonyl (C=O) groups excluding carboxylic acids is 1. The molecule has 1 heterocycles. The highest BCUT2D eigenvalue weighted by atomic mass is 16.3. The molecule has 1 amide bonds. The summed E-state index contributed by atoms with van der Waals surface area (Å²) in [7, 11) is 1.98. The third-order valence-corrected chi connectivity index (χ3v) is 5.28. The summed E-state index contributed by atoms with van der Waals surface area (Å²) in [6.45, 7) is 7.11. The van der Waals surface area contributed by atoms with Crippen LogP contribution in [0.25, 0.3) is 0 Å². The molecule has 0 aromatic heterocycles. The summed E-state index contributed by atoms with van der Waals surface area (Å²) in [5.74, 6) is 0.272. The van der Waals surface area contributed by atoms with E-state index in [0.717, 1.165) is 39.1 Å². The van der Waals surface area contributed by atoms with E-state index >= 15 is 0 Å². The van der Waals surface area contributed by atoms with Crippen LogP contribution < -0.4 is 0 Å². The van der Waals surface area contributed by atoms with Gasteiger partial charge in [0.05, 0.1) is 12.6 Å². The quantitative estimate of drug-likeness (QED) is 0.800. The van der Waals surface area contributed by atoms with Crippen molar-refractivity contribution in [2.24, 2.45) is 0 Å². The van der Waals surface area contributed by atoms with Crippen LogP contribution >= 0.6 is 0 Å². The van der Waals surface area contributed by atoms with E-state index in [9.17, 15) is 9.90 Å². The van der Waals surface area contributed by atoms with Crippen LogP contribution in [0.4, 0.5) is 0 Å². The molecule has 22 heavy (non-hydrogen) atoms. The first-order valence-corrected chi connectivity index (χ1v) is 8.98. The standard InChI is InChI=1S/C17H33N3O2/c1-3-16(21)13-19-9-11-20(12-10-19)14-17(22)18(2)15-7-5-4-6-8-15/h15-16,21H,3-14H2,1-2H3. The molecule has 1 aliphatic carbocycles.